The molecule has 2 aliphatic carbocycles. The Labute approximate surface area is 435 Å². The summed E-state index contributed by atoms with van der Waals surface area (Å²) in [7, 11) is 0. The van der Waals surface area contributed by atoms with Gasteiger partial charge < -0.3 is 9.47 Å². The van der Waals surface area contributed by atoms with Crippen LogP contribution in [0.1, 0.15) is 22.3 Å². The topological polar surface area (TPSA) is 8.17 Å². The highest BCUT2D eigenvalue weighted by Crippen LogP contribution is 2.64. The van der Waals surface area contributed by atoms with Gasteiger partial charge in [0.05, 0.1) is 27.8 Å². The molecule has 0 amide bonds. The first-order valence-corrected chi connectivity index (χ1v) is 26.1. The van der Waals surface area contributed by atoms with Gasteiger partial charge in [-0.2, -0.15) is 0 Å². The lowest BCUT2D eigenvalue weighted by atomic mass is 9.70. The van der Waals surface area contributed by atoms with Crippen LogP contribution in [-0.2, 0) is 5.41 Å². The van der Waals surface area contributed by atoms with Gasteiger partial charge in [-0.05, 0) is 154 Å². The number of nitrogens with zero attached hydrogens (tertiary/aromatic N) is 2. The lowest BCUT2D eigenvalue weighted by molar-refractivity contribution is 0.793. The van der Waals surface area contributed by atoms with Gasteiger partial charge in [-0.1, -0.05) is 224 Å². The van der Waals surface area contributed by atoms with Gasteiger partial charge in [0.1, 0.15) is 0 Å². The average molecular weight is 951 g/mol. The first kappa shape index (κ1) is 41.8. The van der Waals surface area contributed by atoms with E-state index in [1.807, 2.05) is 0 Å². The average Bonchev–Trinajstić information content (AvgIpc) is 4.09. The van der Waals surface area contributed by atoms with E-state index < -0.39 is 5.41 Å². The van der Waals surface area contributed by atoms with Crippen molar-refractivity contribution in [2.45, 2.75) is 5.41 Å². The fraction of sp³-hybridized carbons (Fsp3) is 0.0137. The standard InChI is InChI=1S/C73H46N2/c1-3-21-47(22-4-1)49-41-50(48-23-5-2-6-24-48)43-52(42-49)74(51-39-40-57-55-27-8-7-25-53(55)54-26-9-10-28-56(54)63(57)44-51)72-46-68-64(45-71(72)75-69-37-19-14-32-61(69)62-33-15-20-38-70(62)75)60-31-13-18-36-67(60)73(68)65-34-16-11-29-58(65)59-30-12-17-35-66(59)73/h1-46H. The first-order chi connectivity index (χ1) is 37.2. The summed E-state index contributed by atoms with van der Waals surface area (Å²) in [5.41, 5.74) is 21.0. The van der Waals surface area contributed by atoms with Crippen molar-refractivity contribution >= 4 is 71.2 Å². The number of para-hydroxylation sites is 2. The van der Waals surface area contributed by atoms with Crippen LogP contribution in [0.15, 0.2) is 279 Å². The van der Waals surface area contributed by atoms with Crippen molar-refractivity contribution in [3.8, 4) is 50.2 Å². The maximum atomic E-state index is 2.59. The van der Waals surface area contributed by atoms with Crippen molar-refractivity contribution in [1.29, 1.82) is 0 Å². The number of hydrogen-bond donors (Lipinski definition) is 0. The fourth-order valence-corrected chi connectivity index (χ4v) is 13.5. The second-order valence-electron chi connectivity index (χ2n) is 20.3. The van der Waals surface area contributed by atoms with Crippen LogP contribution in [0.5, 0.6) is 0 Å². The molecule has 0 aliphatic heterocycles. The molecule has 75 heavy (non-hydrogen) atoms. The summed E-state index contributed by atoms with van der Waals surface area (Å²) in [6.45, 7) is 0. The fourth-order valence-electron chi connectivity index (χ4n) is 13.5. The first-order valence-electron chi connectivity index (χ1n) is 26.1. The molecule has 13 aromatic carbocycles. The van der Waals surface area contributed by atoms with Crippen LogP contribution in [-0.4, -0.2) is 4.57 Å². The number of benzene rings is 13. The normalized spacial score (nSPS) is 12.9. The third kappa shape index (κ3) is 5.97. The molecule has 2 aliphatic rings. The lowest BCUT2D eigenvalue weighted by Crippen LogP contribution is -2.26. The maximum absolute atomic E-state index is 2.59. The van der Waals surface area contributed by atoms with Crippen molar-refractivity contribution in [2.24, 2.45) is 0 Å². The van der Waals surface area contributed by atoms with Crippen LogP contribution in [0.4, 0.5) is 17.1 Å². The minimum atomic E-state index is -0.571. The van der Waals surface area contributed by atoms with E-state index in [4.69, 9.17) is 0 Å². The van der Waals surface area contributed by atoms with E-state index >= 15 is 0 Å². The highest BCUT2D eigenvalue weighted by molar-refractivity contribution is 6.26. The molecule has 0 saturated carbocycles. The number of rotatable bonds is 6. The van der Waals surface area contributed by atoms with Crippen LogP contribution in [0, 0.1) is 0 Å². The molecule has 0 atom stereocenters. The number of hydrogen-bond acceptors (Lipinski definition) is 1. The van der Waals surface area contributed by atoms with Crippen molar-refractivity contribution in [1.82, 2.24) is 4.57 Å². The van der Waals surface area contributed by atoms with Gasteiger partial charge in [0.2, 0.25) is 0 Å². The molecular formula is C73H46N2. The summed E-state index contributed by atoms with van der Waals surface area (Å²) >= 11 is 0. The van der Waals surface area contributed by atoms with E-state index in [1.165, 1.54) is 87.6 Å². The molecule has 16 rings (SSSR count). The highest BCUT2D eigenvalue weighted by atomic mass is 15.2. The predicted octanol–water partition coefficient (Wildman–Crippen LogP) is 19.4. The van der Waals surface area contributed by atoms with Crippen LogP contribution in [0.3, 0.4) is 0 Å². The molecule has 0 radical (unpaired) electrons. The summed E-state index contributed by atoms with van der Waals surface area (Å²) in [5, 5.41) is 9.92. The quantitative estimate of drug-likeness (QED) is 0.151. The van der Waals surface area contributed by atoms with E-state index in [1.54, 1.807) is 0 Å². The Hall–Kier alpha value is -9.76. The van der Waals surface area contributed by atoms with Gasteiger partial charge in [0.15, 0.2) is 0 Å². The van der Waals surface area contributed by atoms with Crippen LogP contribution >= 0.6 is 0 Å². The monoisotopic (exact) mass is 950 g/mol. The Morgan fingerprint density at radius 1 is 0.253 bits per heavy atom. The molecule has 1 spiro atoms. The van der Waals surface area contributed by atoms with Crippen molar-refractivity contribution in [3.05, 3.63) is 301 Å². The summed E-state index contributed by atoms with van der Waals surface area (Å²) in [4.78, 5) is 2.59. The van der Waals surface area contributed by atoms with E-state index in [9.17, 15) is 0 Å². The Bertz CT molecular complexity index is 4470. The molecule has 14 aromatic rings. The number of fused-ring (bicyclic) bond motifs is 19. The molecule has 348 valence electrons. The number of anilines is 3. The molecule has 2 heteroatoms. The van der Waals surface area contributed by atoms with Gasteiger partial charge in [0, 0.05) is 22.1 Å². The van der Waals surface area contributed by atoms with Crippen LogP contribution < -0.4 is 4.90 Å². The van der Waals surface area contributed by atoms with Crippen molar-refractivity contribution in [2.75, 3.05) is 4.90 Å². The lowest BCUT2D eigenvalue weighted by Gasteiger charge is -2.34. The van der Waals surface area contributed by atoms with Gasteiger partial charge in [-0.3, -0.25) is 0 Å². The van der Waals surface area contributed by atoms with Gasteiger partial charge in [0.25, 0.3) is 0 Å². The molecule has 1 aromatic heterocycles. The smallest absolute Gasteiger partial charge is 0.0726 e. The van der Waals surface area contributed by atoms with Crippen LogP contribution in [0.25, 0.3) is 104 Å². The Balaban J connectivity index is 1.10. The zero-order chi connectivity index (χ0) is 49.2. The molecular weight excluding hydrogens is 905 g/mol. The molecule has 1 heterocycles. The highest BCUT2D eigenvalue weighted by Gasteiger charge is 2.52. The van der Waals surface area contributed by atoms with E-state index in [2.05, 4.69) is 289 Å². The second-order valence-corrected chi connectivity index (χ2v) is 20.3. The second kappa shape index (κ2) is 16.1. The van der Waals surface area contributed by atoms with E-state index in [0.29, 0.717) is 0 Å². The molecule has 0 unspecified atom stereocenters. The summed E-state index contributed by atoms with van der Waals surface area (Å²) in [5.74, 6) is 0. The molecule has 0 saturated heterocycles. The van der Waals surface area contributed by atoms with Gasteiger partial charge in [-0.15, -0.1) is 0 Å². The largest absolute Gasteiger partial charge is 0.308 e. The summed E-state index contributed by atoms with van der Waals surface area (Å²) < 4.78 is 2.54. The predicted molar refractivity (Wildman–Crippen MR) is 315 cm³/mol. The minimum absolute atomic E-state index is 0.571. The Kier molecular flexibility index (Phi) is 8.99. The molecule has 0 bridgehead atoms. The van der Waals surface area contributed by atoms with Gasteiger partial charge in [-0.25, -0.2) is 0 Å². The molecule has 0 N–H and O–H groups in total. The SMILES string of the molecule is c1ccc(-c2cc(-c3ccccc3)cc(N(c3ccc4c5ccccc5c5ccccc5c4c3)c3cc4c(cc3-n3c5ccccc5c5ccccc53)-c3ccccc3C43c4ccccc4-c4ccccc43)c2)cc1. The third-order valence-electron chi connectivity index (χ3n) is 16.5. The summed E-state index contributed by atoms with van der Waals surface area (Å²) in [6.07, 6.45) is 0. The third-order valence-corrected chi connectivity index (χ3v) is 16.5. The van der Waals surface area contributed by atoms with Crippen LogP contribution in [0.2, 0.25) is 0 Å². The Morgan fingerprint density at radius 3 is 1.19 bits per heavy atom. The number of aromatic nitrogens is 1. The van der Waals surface area contributed by atoms with Gasteiger partial charge >= 0.3 is 0 Å². The zero-order valence-corrected chi connectivity index (χ0v) is 41.0. The zero-order valence-electron chi connectivity index (χ0n) is 41.0. The molecule has 2 nitrogen and oxygen atoms in total. The minimum Gasteiger partial charge on any atom is -0.308 e. The summed E-state index contributed by atoms with van der Waals surface area (Å²) in [6, 6.07) is 104. The maximum Gasteiger partial charge on any atom is 0.0726 e. The molecule has 0 fully saturated rings. The van der Waals surface area contributed by atoms with Crippen molar-refractivity contribution in [3.63, 3.8) is 0 Å². The van der Waals surface area contributed by atoms with E-state index in [-0.39, 0.29) is 0 Å². The van der Waals surface area contributed by atoms with Crippen molar-refractivity contribution < 1.29 is 0 Å². The Morgan fingerprint density at radius 2 is 0.667 bits per heavy atom. The van der Waals surface area contributed by atoms with E-state index in [0.717, 1.165) is 56.0 Å².